The van der Waals surface area contributed by atoms with Crippen molar-refractivity contribution in [3.05, 3.63) is 33.8 Å². The van der Waals surface area contributed by atoms with E-state index in [1.807, 2.05) is 24.1 Å². The van der Waals surface area contributed by atoms with Crippen LogP contribution in [0.4, 0.5) is 0 Å². The molecule has 0 aliphatic carbocycles. The molecule has 0 bridgehead atoms. The van der Waals surface area contributed by atoms with E-state index in [0.29, 0.717) is 29.6 Å². The van der Waals surface area contributed by atoms with Crippen LogP contribution in [-0.2, 0) is 9.84 Å². The zero-order valence-corrected chi connectivity index (χ0v) is 14.0. The van der Waals surface area contributed by atoms with Gasteiger partial charge in [0.05, 0.1) is 15.8 Å². The van der Waals surface area contributed by atoms with Crippen LogP contribution in [-0.4, -0.2) is 45.5 Å². The quantitative estimate of drug-likeness (QED) is 0.828. The van der Waals surface area contributed by atoms with Crippen molar-refractivity contribution in [3.8, 4) is 0 Å². The van der Waals surface area contributed by atoms with Crippen LogP contribution < -0.4 is 5.73 Å². The first-order valence-corrected chi connectivity index (χ1v) is 9.08. The molecule has 0 heterocycles. The van der Waals surface area contributed by atoms with Crippen LogP contribution >= 0.6 is 23.2 Å². The Morgan fingerprint density at radius 2 is 1.95 bits per heavy atom. The summed E-state index contributed by atoms with van der Waals surface area (Å²) in [6.45, 7) is 1.19. The Morgan fingerprint density at radius 3 is 2.55 bits per heavy atom. The van der Waals surface area contributed by atoms with Crippen LogP contribution in [0.2, 0.25) is 10.0 Å². The van der Waals surface area contributed by atoms with E-state index in [0.717, 1.165) is 5.56 Å². The number of nitrogens with two attached hydrogens (primary N) is 1. The molecular weight excluding hydrogens is 319 g/mol. The molecule has 0 fully saturated rings. The van der Waals surface area contributed by atoms with Crippen molar-refractivity contribution >= 4 is 33.0 Å². The van der Waals surface area contributed by atoms with Gasteiger partial charge in [0, 0.05) is 18.8 Å². The molecule has 0 aliphatic rings. The smallest absolute Gasteiger partial charge is 0.148 e. The van der Waals surface area contributed by atoms with E-state index < -0.39 is 9.84 Å². The molecule has 20 heavy (non-hydrogen) atoms. The minimum atomic E-state index is -2.93. The number of hydrogen-bond acceptors (Lipinski definition) is 4. The third kappa shape index (κ3) is 5.97. The summed E-state index contributed by atoms with van der Waals surface area (Å²) in [5.74, 6) is 0.149. The lowest BCUT2D eigenvalue weighted by Gasteiger charge is -2.20. The van der Waals surface area contributed by atoms with Gasteiger partial charge in [0.15, 0.2) is 0 Å². The maximum Gasteiger partial charge on any atom is 0.148 e. The SMILES string of the molecule is CN(CCC(N)c1cccc(Cl)c1Cl)CCS(C)(=O)=O. The molecule has 2 N–H and O–H groups in total. The third-order valence-corrected chi connectivity index (χ3v) is 4.80. The number of halogens is 2. The predicted octanol–water partition coefficient (Wildman–Crippen LogP) is 2.36. The van der Waals surface area contributed by atoms with Crippen molar-refractivity contribution in [2.24, 2.45) is 5.73 Å². The summed E-state index contributed by atoms with van der Waals surface area (Å²) in [6.07, 6.45) is 1.92. The van der Waals surface area contributed by atoms with Gasteiger partial charge in [-0.25, -0.2) is 8.42 Å². The Hall–Kier alpha value is -0.330. The maximum absolute atomic E-state index is 11.1. The molecule has 7 heteroatoms. The van der Waals surface area contributed by atoms with Crippen molar-refractivity contribution < 1.29 is 8.42 Å². The standard InChI is InChI=1S/C13H20Cl2N2O2S/c1-17(8-9-20(2,18)19)7-6-12(16)10-4-3-5-11(14)13(10)15/h3-5,12H,6-9,16H2,1-2H3. The lowest BCUT2D eigenvalue weighted by atomic mass is 10.0. The van der Waals surface area contributed by atoms with Crippen LogP contribution in [0.25, 0.3) is 0 Å². The second kappa shape index (κ2) is 7.61. The molecular formula is C13H20Cl2N2O2S. The highest BCUT2D eigenvalue weighted by molar-refractivity contribution is 7.90. The molecule has 4 nitrogen and oxygen atoms in total. The number of nitrogens with zero attached hydrogens (tertiary/aromatic N) is 1. The van der Waals surface area contributed by atoms with Gasteiger partial charge >= 0.3 is 0 Å². The van der Waals surface area contributed by atoms with Crippen molar-refractivity contribution in [1.29, 1.82) is 0 Å². The van der Waals surface area contributed by atoms with Crippen LogP contribution in [0.5, 0.6) is 0 Å². The van der Waals surface area contributed by atoms with Gasteiger partial charge in [0.2, 0.25) is 0 Å². The number of hydrogen-bond donors (Lipinski definition) is 1. The van der Waals surface area contributed by atoms with E-state index in [9.17, 15) is 8.42 Å². The molecule has 114 valence electrons. The normalized spacial score (nSPS) is 13.7. The molecule has 1 atom stereocenters. The lowest BCUT2D eigenvalue weighted by molar-refractivity contribution is 0.335. The fourth-order valence-corrected chi connectivity index (χ4v) is 2.85. The highest BCUT2D eigenvalue weighted by Gasteiger charge is 2.13. The summed E-state index contributed by atoms with van der Waals surface area (Å²) in [7, 11) is -1.06. The summed E-state index contributed by atoms with van der Waals surface area (Å²) in [5, 5.41) is 0.977. The van der Waals surface area contributed by atoms with Crippen molar-refractivity contribution in [3.63, 3.8) is 0 Å². The molecule has 0 radical (unpaired) electrons. The Morgan fingerprint density at radius 1 is 1.30 bits per heavy atom. The van der Waals surface area contributed by atoms with E-state index >= 15 is 0 Å². The zero-order chi connectivity index (χ0) is 15.3. The molecule has 0 saturated heterocycles. The second-order valence-electron chi connectivity index (χ2n) is 4.97. The van der Waals surface area contributed by atoms with Gasteiger partial charge in [-0.15, -0.1) is 0 Å². The Kier molecular flexibility index (Phi) is 6.75. The predicted molar refractivity (Wildman–Crippen MR) is 85.2 cm³/mol. The first kappa shape index (κ1) is 17.7. The van der Waals surface area contributed by atoms with E-state index in [2.05, 4.69) is 0 Å². The van der Waals surface area contributed by atoms with Crippen LogP contribution in [0, 0.1) is 0 Å². The highest BCUT2D eigenvalue weighted by atomic mass is 35.5. The Balaban J connectivity index is 2.51. The first-order valence-electron chi connectivity index (χ1n) is 6.26. The molecule has 0 aliphatic heterocycles. The van der Waals surface area contributed by atoms with Gasteiger partial charge in [0.25, 0.3) is 0 Å². The minimum absolute atomic E-state index is 0.149. The van der Waals surface area contributed by atoms with E-state index in [4.69, 9.17) is 28.9 Å². The van der Waals surface area contributed by atoms with Gasteiger partial charge in [-0.1, -0.05) is 35.3 Å². The molecule has 1 unspecified atom stereocenters. The average molecular weight is 339 g/mol. The van der Waals surface area contributed by atoms with Gasteiger partial charge < -0.3 is 10.6 Å². The Bertz CT molecular complexity index is 549. The summed E-state index contributed by atoms with van der Waals surface area (Å²) >= 11 is 12.1. The van der Waals surface area contributed by atoms with Crippen LogP contribution in [0.3, 0.4) is 0 Å². The topological polar surface area (TPSA) is 63.4 Å². The summed E-state index contributed by atoms with van der Waals surface area (Å²) in [4.78, 5) is 1.94. The summed E-state index contributed by atoms with van der Waals surface area (Å²) < 4.78 is 22.2. The number of sulfone groups is 1. The fourth-order valence-electron chi connectivity index (χ4n) is 1.76. The van der Waals surface area contributed by atoms with Gasteiger partial charge in [0.1, 0.15) is 9.84 Å². The van der Waals surface area contributed by atoms with Crippen molar-refractivity contribution in [2.75, 3.05) is 32.1 Å². The summed E-state index contributed by atoms with van der Waals surface area (Å²) in [5.41, 5.74) is 6.92. The maximum atomic E-state index is 11.1. The minimum Gasteiger partial charge on any atom is -0.324 e. The van der Waals surface area contributed by atoms with Gasteiger partial charge in [-0.3, -0.25) is 0 Å². The van der Waals surface area contributed by atoms with Gasteiger partial charge in [-0.05, 0) is 31.6 Å². The molecule has 0 aromatic heterocycles. The van der Waals surface area contributed by atoms with E-state index in [1.165, 1.54) is 6.26 Å². The molecule has 1 rings (SSSR count). The lowest BCUT2D eigenvalue weighted by Crippen LogP contribution is -2.28. The second-order valence-corrected chi connectivity index (χ2v) is 8.02. The molecule has 0 saturated carbocycles. The third-order valence-electron chi connectivity index (χ3n) is 3.05. The first-order chi connectivity index (χ1) is 9.20. The molecule has 1 aromatic carbocycles. The summed E-state index contributed by atoms with van der Waals surface area (Å²) in [6, 6.07) is 5.17. The van der Waals surface area contributed by atoms with Crippen LogP contribution in [0.15, 0.2) is 18.2 Å². The Labute approximate surface area is 130 Å². The monoisotopic (exact) mass is 338 g/mol. The van der Waals surface area contributed by atoms with Crippen LogP contribution in [0.1, 0.15) is 18.0 Å². The largest absolute Gasteiger partial charge is 0.324 e. The molecule has 0 amide bonds. The fraction of sp³-hybridized carbons (Fsp3) is 0.538. The average Bonchev–Trinajstić information content (AvgIpc) is 2.36. The van der Waals surface area contributed by atoms with E-state index in [1.54, 1.807) is 6.07 Å². The number of benzene rings is 1. The van der Waals surface area contributed by atoms with Gasteiger partial charge in [-0.2, -0.15) is 0 Å². The molecule has 0 spiro atoms. The van der Waals surface area contributed by atoms with E-state index in [-0.39, 0.29) is 11.8 Å². The van der Waals surface area contributed by atoms with Crippen molar-refractivity contribution in [2.45, 2.75) is 12.5 Å². The van der Waals surface area contributed by atoms with Crippen molar-refractivity contribution in [1.82, 2.24) is 4.90 Å². The zero-order valence-electron chi connectivity index (χ0n) is 11.6. The molecule has 1 aromatic rings. The number of rotatable bonds is 7. The highest BCUT2D eigenvalue weighted by Crippen LogP contribution is 2.30.